The van der Waals surface area contributed by atoms with Gasteiger partial charge in [0.2, 0.25) is 0 Å². The Kier molecular flexibility index (Phi) is 7.56. The number of ether oxygens (including phenoxy) is 1. The molecule has 1 rings (SSSR count). The number of rotatable bonds is 7. The Morgan fingerprint density at radius 3 is 2.41 bits per heavy atom. The van der Waals surface area contributed by atoms with Gasteiger partial charge in [-0.1, -0.05) is 25.5 Å². The molecule has 0 bridgehead atoms. The summed E-state index contributed by atoms with van der Waals surface area (Å²) in [7, 11) is 4.14. The highest BCUT2D eigenvalue weighted by Gasteiger charge is 2.18. The van der Waals surface area contributed by atoms with Gasteiger partial charge in [0.1, 0.15) is 6.61 Å². The van der Waals surface area contributed by atoms with Gasteiger partial charge in [-0.3, -0.25) is 0 Å². The molecule has 0 atom stereocenters. The minimum atomic E-state index is -0.260. The minimum absolute atomic E-state index is 0.157. The third-order valence-corrected chi connectivity index (χ3v) is 3.96. The van der Waals surface area contributed by atoms with E-state index in [1.54, 1.807) is 12.1 Å². The van der Waals surface area contributed by atoms with Crippen LogP contribution in [0.15, 0.2) is 35.9 Å². The van der Waals surface area contributed by atoms with Crippen molar-refractivity contribution in [3.8, 4) is 0 Å². The van der Waals surface area contributed by atoms with E-state index in [-0.39, 0.29) is 11.4 Å². The van der Waals surface area contributed by atoms with Gasteiger partial charge in [0.25, 0.3) is 0 Å². The topological polar surface area (TPSA) is 29.5 Å². The molecule has 0 aliphatic heterocycles. The highest BCUT2D eigenvalue weighted by molar-refractivity contribution is 14.1. The average molecular weight is 415 g/mol. The lowest BCUT2D eigenvalue weighted by atomic mass is 9.91. The largest absolute Gasteiger partial charge is 0.461 e. The Morgan fingerprint density at radius 2 is 1.86 bits per heavy atom. The fourth-order valence-corrected chi connectivity index (χ4v) is 2.46. The van der Waals surface area contributed by atoms with Gasteiger partial charge < -0.3 is 9.64 Å². The summed E-state index contributed by atoms with van der Waals surface area (Å²) in [4.78, 5) is 14.2. The predicted molar refractivity (Wildman–Crippen MR) is 100 cm³/mol. The Labute approximate surface area is 147 Å². The van der Waals surface area contributed by atoms with Crippen LogP contribution >= 0.6 is 22.6 Å². The Bertz CT molecular complexity index is 518. The van der Waals surface area contributed by atoms with E-state index in [1.807, 2.05) is 12.1 Å². The van der Waals surface area contributed by atoms with Gasteiger partial charge in [-0.25, -0.2) is 4.79 Å². The summed E-state index contributed by atoms with van der Waals surface area (Å²) in [5, 5.41) is 0. The zero-order chi connectivity index (χ0) is 16.8. The molecule has 22 heavy (non-hydrogen) atoms. The second-order valence-corrected chi connectivity index (χ2v) is 7.86. The third kappa shape index (κ3) is 7.40. The predicted octanol–water partition coefficient (Wildman–Crippen LogP) is 4.37. The number of carbonyl (C=O) groups excluding carboxylic acids is 1. The van der Waals surface area contributed by atoms with Crippen molar-refractivity contribution in [2.24, 2.45) is 5.41 Å². The molecule has 0 aliphatic rings. The van der Waals surface area contributed by atoms with Gasteiger partial charge >= 0.3 is 5.97 Å². The zero-order valence-electron chi connectivity index (χ0n) is 14.1. The van der Waals surface area contributed by atoms with Crippen molar-refractivity contribution in [3.05, 3.63) is 45.0 Å². The highest BCUT2D eigenvalue weighted by atomic mass is 127. The van der Waals surface area contributed by atoms with Crippen molar-refractivity contribution in [2.75, 3.05) is 27.2 Å². The molecule has 0 N–H and O–H groups in total. The first kappa shape index (κ1) is 19.2. The van der Waals surface area contributed by atoms with Crippen LogP contribution in [0, 0.1) is 8.99 Å². The number of esters is 1. The Morgan fingerprint density at radius 1 is 1.27 bits per heavy atom. The van der Waals surface area contributed by atoms with E-state index in [4.69, 9.17) is 4.74 Å². The summed E-state index contributed by atoms with van der Waals surface area (Å²) in [6.07, 6.45) is 3.24. The average Bonchev–Trinajstić information content (AvgIpc) is 2.43. The summed E-state index contributed by atoms with van der Waals surface area (Å²) in [6.45, 7) is 7.73. The first-order valence-corrected chi connectivity index (χ1v) is 8.53. The summed E-state index contributed by atoms with van der Waals surface area (Å²) in [6, 6.07) is 7.42. The lowest BCUT2D eigenvalue weighted by molar-refractivity contribution is 0.0398. The van der Waals surface area contributed by atoms with Crippen LogP contribution in [0.3, 0.4) is 0 Å². The van der Waals surface area contributed by atoms with Crippen LogP contribution in [0.4, 0.5) is 0 Å². The van der Waals surface area contributed by atoms with Gasteiger partial charge in [0.15, 0.2) is 0 Å². The van der Waals surface area contributed by atoms with Crippen molar-refractivity contribution in [1.82, 2.24) is 4.90 Å². The number of carbonyl (C=O) groups is 1. The van der Waals surface area contributed by atoms with Gasteiger partial charge in [0.05, 0.1) is 5.56 Å². The second-order valence-electron chi connectivity index (χ2n) is 6.62. The Hall–Kier alpha value is -0.880. The van der Waals surface area contributed by atoms with Crippen molar-refractivity contribution in [3.63, 3.8) is 0 Å². The van der Waals surface area contributed by atoms with E-state index >= 15 is 0 Å². The van der Waals surface area contributed by atoms with E-state index in [2.05, 4.69) is 68.4 Å². The van der Waals surface area contributed by atoms with Crippen molar-refractivity contribution in [2.45, 2.75) is 27.2 Å². The number of nitrogens with zero attached hydrogens (tertiary/aromatic N) is 1. The molecular weight excluding hydrogens is 389 g/mol. The molecular formula is C18H26INO2. The van der Waals surface area contributed by atoms with E-state index in [0.717, 1.165) is 16.5 Å². The molecule has 0 saturated carbocycles. The number of benzene rings is 1. The summed E-state index contributed by atoms with van der Waals surface area (Å²) in [5.74, 6) is -0.260. The molecule has 0 aromatic heterocycles. The van der Waals surface area contributed by atoms with Crippen molar-refractivity contribution < 1.29 is 9.53 Å². The minimum Gasteiger partial charge on any atom is -0.461 e. The lowest BCUT2D eigenvalue weighted by Gasteiger charge is -2.22. The van der Waals surface area contributed by atoms with Crippen LogP contribution < -0.4 is 0 Å². The number of hydrogen-bond donors (Lipinski definition) is 0. The normalized spacial score (nSPS) is 12.6. The van der Waals surface area contributed by atoms with Crippen LogP contribution in [0.2, 0.25) is 0 Å². The molecule has 0 spiro atoms. The molecule has 0 heterocycles. The third-order valence-electron chi connectivity index (χ3n) is 3.25. The van der Waals surface area contributed by atoms with Crippen LogP contribution in [0.5, 0.6) is 0 Å². The van der Waals surface area contributed by atoms with Crippen LogP contribution in [0.25, 0.3) is 0 Å². The second kappa shape index (κ2) is 8.67. The first-order valence-electron chi connectivity index (χ1n) is 7.45. The summed E-state index contributed by atoms with van der Waals surface area (Å²) in [5.41, 5.74) is 1.77. The maximum Gasteiger partial charge on any atom is 0.338 e. The molecule has 0 aliphatic carbocycles. The molecule has 1 aromatic carbocycles. The number of halogens is 1. The monoisotopic (exact) mass is 415 g/mol. The highest BCUT2D eigenvalue weighted by Crippen LogP contribution is 2.22. The molecule has 0 unspecified atom stereocenters. The SMILES string of the molecule is C/C(=C\C(C)(C)COC(=O)c1ccc(I)cc1)CCN(C)C. The maximum absolute atomic E-state index is 12.1. The molecule has 0 fully saturated rings. The molecule has 1 aromatic rings. The smallest absolute Gasteiger partial charge is 0.338 e. The van der Waals surface area contributed by atoms with Crippen LogP contribution in [-0.2, 0) is 4.74 Å². The molecule has 3 nitrogen and oxygen atoms in total. The van der Waals surface area contributed by atoms with Gasteiger partial charge in [-0.05, 0) is 74.3 Å². The van der Waals surface area contributed by atoms with E-state index in [9.17, 15) is 4.79 Å². The Balaban J connectivity index is 2.55. The maximum atomic E-state index is 12.1. The van der Waals surface area contributed by atoms with Gasteiger partial charge in [-0.2, -0.15) is 0 Å². The number of hydrogen-bond acceptors (Lipinski definition) is 3. The first-order chi connectivity index (χ1) is 10.2. The van der Waals surface area contributed by atoms with Gasteiger partial charge in [0, 0.05) is 15.5 Å². The molecule has 0 saturated heterocycles. The van der Waals surface area contributed by atoms with Crippen molar-refractivity contribution >= 4 is 28.6 Å². The van der Waals surface area contributed by atoms with Gasteiger partial charge in [-0.15, -0.1) is 0 Å². The molecule has 4 heteroatoms. The van der Waals surface area contributed by atoms with E-state index in [1.165, 1.54) is 5.57 Å². The summed E-state index contributed by atoms with van der Waals surface area (Å²) >= 11 is 2.22. The molecule has 0 radical (unpaired) electrons. The van der Waals surface area contributed by atoms with Crippen molar-refractivity contribution in [1.29, 1.82) is 0 Å². The van der Waals surface area contributed by atoms with Crippen LogP contribution in [0.1, 0.15) is 37.6 Å². The van der Waals surface area contributed by atoms with Crippen LogP contribution in [-0.4, -0.2) is 38.1 Å². The lowest BCUT2D eigenvalue weighted by Crippen LogP contribution is -2.21. The quantitative estimate of drug-likeness (QED) is 0.376. The standard InChI is InChI=1S/C18H26INO2/c1-14(10-11-20(4)5)12-18(2,3)13-22-17(21)15-6-8-16(19)9-7-15/h6-9,12H,10-11,13H2,1-5H3/b14-12+. The van der Waals surface area contributed by atoms with E-state index in [0.29, 0.717) is 12.2 Å². The zero-order valence-corrected chi connectivity index (χ0v) is 16.3. The molecule has 0 amide bonds. The fraction of sp³-hybridized carbons (Fsp3) is 0.500. The fourth-order valence-electron chi connectivity index (χ4n) is 2.10. The van der Waals surface area contributed by atoms with E-state index < -0.39 is 0 Å². The molecule has 122 valence electrons. The summed E-state index contributed by atoms with van der Waals surface area (Å²) < 4.78 is 6.57.